The van der Waals surface area contributed by atoms with E-state index in [9.17, 15) is 24.1 Å². The van der Waals surface area contributed by atoms with Crippen molar-refractivity contribution in [2.45, 2.75) is 45.0 Å². The van der Waals surface area contributed by atoms with Crippen LogP contribution in [0.3, 0.4) is 0 Å². The van der Waals surface area contributed by atoms with Crippen LogP contribution in [0.5, 0.6) is 5.75 Å². The third kappa shape index (κ3) is 4.88. The van der Waals surface area contributed by atoms with Gasteiger partial charge in [-0.15, -0.1) is 0 Å². The second kappa shape index (κ2) is 11.0. The topological polar surface area (TPSA) is 93.1 Å². The number of rotatable bonds is 7. The first-order valence-corrected chi connectivity index (χ1v) is 13.2. The molecule has 4 atom stereocenters. The van der Waals surface area contributed by atoms with Gasteiger partial charge in [-0.3, -0.25) is 9.59 Å². The molecule has 2 aliphatic carbocycles. The molecule has 1 saturated heterocycles. The molecule has 5 rings (SSSR count). The van der Waals surface area contributed by atoms with E-state index in [0.717, 1.165) is 23.1 Å². The molecule has 198 valence electrons. The second-order valence-electron chi connectivity index (χ2n) is 10.4. The highest BCUT2D eigenvalue weighted by Gasteiger charge is 2.53. The third-order valence-corrected chi connectivity index (χ3v) is 8.21. The van der Waals surface area contributed by atoms with Crippen LogP contribution in [0.15, 0.2) is 59.2 Å². The Morgan fingerprint density at radius 1 is 1.16 bits per heavy atom. The number of methoxy groups -OCH3 is 1. The number of phenolic OH excluding ortho intramolecular Hbond substituents is 1. The van der Waals surface area contributed by atoms with Crippen molar-refractivity contribution in [2.75, 3.05) is 13.7 Å². The maximum Gasteiger partial charge on any atom is 0.455 e. The van der Waals surface area contributed by atoms with E-state index < -0.39 is 30.9 Å². The molecule has 2 aromatic rings. The molecular formula is C30H32BFO6. The summed E-state index contributed by atoms with van der Waals surface area (Å²) in [5, 5.41) is 20.2. The van der Waals surface area contributed by atoms with Crippen molar-refractivity contribution >= 4 is 24.8 Å². The largest absolute Gasteiger partial charge is 0.505 e. The molecule has 1 aliphatic heterocycles. The van der Waals surface area contributed by atoms with Gasteiger partial charge in [-0.05, 0) is 66.8 Å². The zero-order chi connectivity index (χ0) is 27.0. The Morgan fingerprint density at radius 2 is 1.89 bits per heavy atom. The van der Waals surface area contributed by atoms with Crippen LogP contribution in [0.1, 0.15) is 58.9 Å². The number of halogens is 1. The minimum atomic E-state index is -1.04. The molecule has 38 heavy (non-hydrogen) atoms. The second-order valence-corrected chi connectivity index (χ2v) is 10.4. The van der Waals surface area contributed by atoms with Gasteiger partial charge in [0, 0.05) is 30.1 Å². The van der Waals surface area contributed by atoms with Gasteiger partial charge < -0.3 is 19.5 Å². The lowest BCUT2D eigenvalue weighted by Gasteiger charge is -2.47. The van der Waals surface area contributed by atoms with Crippen LogP contribution >= 0.6 is 0 Å². The summed E-state index contributed by atoms with van der Waals surface area (Å²) in [5.41, 5.74) is 4.61. The van der Waals surface area contributed by atoms with E-state index in [4.69, 9.17) is 9.39 Å². The van der Waals surface area contributed by atoms with Crippen molar-refractivity contribution in [3.8, 4) is 5.75 Å². The smallest absolute Gasteiger partial charge is 0.455 e. The van der Waals surface area contributed by atoms with E-state index in [-0.39, 0.29) is 29.6 Å². The summed E-state index contributed by atoms with van der Waals surface area (Å²) in [7, 11) is 0.566. The van der Waals surface area contributed by atoms with Crippen molar-refractivity contribution < 1.29 is 33.5 Å². The van der Waals surface area contributed by atoms with E-state index in [0.29, 0.717) is 42.6 Å². The highest BCUT2D eigenvalue weighted by Crippen LogP contribution is 2.51. The molecular weight excluding hydrogens is 486 g/mol. The summed E-state index contributed by atoms with van der Waals surface area (Å²) in [4.78, 5) is 27.2. The molecule has 0 radical (unpaired) electrons. The van der Waals surface area contributed by atoms with Crippen LogP contribution in [0.2, 0.25) is 6.32 Å². The Labute approximate surface area is 222 Å². The van der Waals surface area contributed by atoms with E-state index in [1.165, 1.54) is 12.1 Å². The summed E-state index contributed by atoms with van der Waals surface area (Å²) < 4.78 is 25.4. The molecule has 0 unspecified atom stereocenters. The number of benzene rings is 2. The Balaban J connectivity index is 1.46. The van der Waals surface area contributed by atoms with Crippen LogP contribution in [0.4, 0.5) is 4.39 Å². The van der Waals surface area contributed by atoms with Crippen LogP contribution in [-0.2, 0) is 9.39 Å². The minimum absolute atomic E-state index is 0.0206. The van der Waals surface area contributed by atoms with Gasteiger partial charge in [-0.2, -0.15) is 0 Å². The number of ether oxygens (including phenoxy) is 1. The van der Waals surface area contributed by atoms with Gasteiger partial charge in [0.25, 0.3) is 0 Å². The van der Waals surface area contributed by atoms with Gasteiger partial charge in [-0.25, -0.2) is 4.39 Å². The fourth-order valence-electron chi connectivity index (χ4n) is 6.49. The number of hydrogen-bond donors (Lipinski definition) is 2. The molecule has 3 aliphatic rings. The molecule has 0 aromatic heterocycles. The highest BCUT2D eigenvalue weighted by atomic mass is 19.1. The standard InChI is InChI=1S/C30H32BFO6/c1-3-17(12-18-8-10-25(33)24(32)13-18)9-11-26-27-19(16-37-2)14-22-28(23(27)15-31(36)38-26)30(35)21-7-5-4-6-20(21)29(22)34/h4-8,10,12-13,22-23,26,28,33,36H,3,9,11,14-16H2,1-2H3/b17-12+/t22-,23+,26-,28-/m1/s1. The van der Waals surface area contributed by atoms with Crippen LogP contribution in [0.25, 0.3) is 6.08 Å². The molecule has 0 saturated carbocycles. The van der Waals surface area contributed by atoms with Crippen LogP contribution < -0.4 is 0 Å². The fraction of sp³-hybridized carbons (Fsp3) is 0.400. The van der Waals surface area contributed by atoms with Crippen molar-refractivity contribution in [3.05, 3.63) is 81.7 Å². The summed E-state index contributed by atoms with van der Waals surface area (Å²) in [5.74, 6) is -2.43. The number of fused-ring (bicyclic) bond motifs is 4. The predicted molar refractivity (Wildman–Crippen MR) is 142 cm³/mol. The highest BCUT2D eigenvalue weighted by molar-refractivity contribution is 6.43. The van der Waals surface area contributed by atoms with E-state index in [1.807, 2.05) is 13.0 Å². The SMILES string of the molecule is CC/C(=C\c1ccc(O)c(F)c1)CC[C@H]1OB(O)C[C@H]2C1=C(COC)C[C@H]1C(=O)c3ccccc3C(=O)[C@H]12. The molecule has 0 amide bonds. The first kappa shape index (κ1) is 26.5. The Hall–Kier alpha value is -3.07. The van der Waals surface area contributed by atoms with Gasteiger partial charge in [0.2, 0.25) is 0 Å². The normalized spacial score (nSPS) is 25.3. The number of phenols is 1. The minimum Gasteiger partial charge on any atom is -0.505 e. The van der Waals surface area contributed by atoms with Crippen LogP contribution in [0, 0.1) is 23.6 Å². The van der Waals surface area contributed by atoms with Gasteiger partial charge in [0.05, 0.1) is 12.7 Å². The lowest BCUT2D eigenvalue weighted by atomic mass is 9.54. The molecule has 1 fully saturated rings. The summed E-state index contributed by atoms with van der Waals surface area (Å²) >= 11 is 0. The fourth-order valence-corrected chi connectivity index (χ4v) is 6.49. The first-order chi connectivity index (χ1) is 18.3. The van der Waals surface area contributed by atoms with Gasteiger partial charge >= 0.3 is 7.12 Å². The predicted octanol–water partition coefficient (Wildman–Crippen LogP) is 5.26. The van der Waals surface area contributed by atoms with Gasteiger partial charge in [0.1, 0.15) is 0 Å². The summed E-state index contributed by atoms with van der Waals surface area (Å²) in [6.45, 7) is 2.35. The number of ketones is 2. The Bertz CT molecular complexity index is 1320. The number of hydrogen-bond acceptors (Lipinski definition) is 6. The summed E-state index contributed by atoms with van der Waals surface area (Å²) in [6.07, 6.45) is 4.10. The van der Waals surface area contributed by atoms with E-state index in [2.05, 4.69) is 0 Å². The zero-order valence-corrected chi connectivity index (χ0v) is 21.7. The lowest BCUT2D eigenvalue weighted by molar-refractivity contribution is 0.0584. The molecule has 2 aromatic carbocycles. The van der Waals surface area contributed by atoms with Gasteiger partial charge in [-0.1, -0.05) is 48.9 Å². The third-order valence-electron chi connectivity index (χ3n) is 8.21. The quantitative estimate of drug-likeness (QED) is 0.384. The van der Waals surface area contributed by atoms with Crippen molar-refractivity contribution in [1.29, 1.82) is 0 Å². The van der Waals surface area contributed by atoms with E-state index >= 15 is 0 Å². The lowest BCUT2D eigenvalue weighted by Crippen LogP contribution is -2.51. The first-order valence-electron chi connectivity index (χ1n) is 13.2. The van der Waals surface area contributed by atoms with Crippen molar-refractivity contribution in [3.63, 3.8) is 0 Å². The number of carbonyl (C=O) groups is 2. The molecule has 0 spiro atoms. The number of carbonyl (C=O) groups excluding carboxylic acids is 2. The molecule has 2 N–H and O–H groups in total. The molecule has 8 heteroatoms. The average molecular weight is 518 g/mol. The number of Topliss-reactive ketones (excluding diaryl/α,β-unsaturated/α-hetero) is 2. The average Bonchev–Trinajstić information content (AvgIpc) is 2.91. The molecule has 1 heterocycles. The Kier molecular flexibility index (Phi) is 7.66. The monoisotopic (exact) mass is 518 g/mol. The molecule has 0 bridgehead atoms. The van der Waals surface area contributed by atoms with Gasteiger partial charge in [0.15, 0.2) is 23.1 Å². The van der Waals surface area contributed by atoms with E-state index in [1.54, 1.807) is 37.4 Å². The van der Waals surface area contributed by atoms with Crippen molar-refractivity contribution in [2.24, 2.45) is 17.8 Å². The maximum atomic E-state index is 13.8. The summed E-state index contributed by atoms with van der Waals surface area (Å²) in [6, 6.07) is 11.3. The molecule has 6 nitrogen and oxygen atoms in total. The Morgan fingerprint density at radius 3 is 2.58 bits per heavy atom. The number of aromatic hydroxyl groups is 1. The van der Waals surface area contributed by atoms with Crippen LogP contribution in [-0.4, -0.2) is 48.6 Å². The maximum absolute atomic E-state index is 13.8. The number of allylic oxidation sites excluding steroid dienone is 1. The zero-order valence-electron chi connectivity index (χ0n) is 21.7. The van der Waals surface area contributed by atoms with Crippen molar-refractivity contribution in [1.82, 2.24) is 0 Å².